The van der Waals surface area contributed by atoms with Gasteiger partial charge in [0, 0.05) is 24.7 Å². The van der Waals surface area contributed by atoms with Crippen LogP contribution in [0.5, 0.6) is 0 Å². The molecule has 1 aromatic rings. The Morgan fingerprint density at radius 1 is 1.44 bits per heavy atom. The average Bonchev–Trinajstić information content (AvgIpc) is 2.88. The van der Waals surface area contributed by atoms with Gasteiger partial charge in [-0.1, -0.05) is 12.8 Å². The second-order valence-corrected chi connectivity index (χ2v) is 5.56. The van der Waals surface area contributed by atoms with Crippen LogP contribution in [0.4, 0.5) is 0 Å². The Labute approximate surface area is 108 Å². The van der Waals surface area contributed by atoms with E-state index < -0.39 is 0 Å². The second-order valence-electron chi connectivity index (χ2n) is 5.56. The van der Waals surface area contributed by atoms with E-state index in [4.69, 9.17) is 10.5 Å². The van der Waals surface area contributed by atoms with Crippen LogP contribution >= 0.6 is 0 Å². The van der Waals surface area contributed by atoms with Crippen LogP contribution in [0, 0.1) is 5.41 Å². The molecule has 0 bridgehead atoms. The summed E-state index contributed by atoms with van der Waals surface area (Å²) in [5.74, 6) is 0. The maximum Gasteiger partial charge on any atom is 0.134 e. The summed E-state index contributed by atoms with van der Waals surface area (Å²) in [5.41, 5.74) is 8.08. The Morgan fingerprint density at radius 3 is 2.94 bits per heavy atom. The van der Waals surface area contributed by atoms with Crippen LogP contribution in [0.25, 0.3) is 0 Å². The van der Waals surface area contributed by atoms with E-state index in [9.17, 15) is 0 Å². The van der Waals surface area contributed by atoms with Crippen molar-refractivity contribution in [2.45, 2.75) is 38.5 Å². The second kappa shape index (κ2) is 4.96. The van der Waals surface area contributed by atoms with Gasteiger partial charge in [-0.15, -0.1) is 0 Å². The van der Waals surface area contributed by atoms with Crippen molar-refractivity contribution in [2.75, 3.05) is 13.2 Å². The topological polar surface area (TPSA) is 60.2 Å². The number of rotatable bonds is 2. The van der Waals surface area contributed by atoms with Crippen molar-refractivity contribution in [2.24, 2.45) is 11.1 Å². The highest BCUT2D eigenvalue weighted by molar-refractivity contribution is 5.19. The zero-order valence-corrected chi connectivity index (χ0v) is 10.7. The van der Waals surface area contributed by atoms with Crippen LogP contribution in [-0.2, 0) is 11.3 Å². The third kappa shape index (κ3) is 2.28. The molecule has 18 heavy (non-hydrogen) atoms. The van der Waals surface area contributed by atoms with Crippen LogP contribution in [0.2, 0.25) is 0 Å². The van der Waals surface area contributed by atoms with E-state index in [0.717, 1.165) is 24.4 Å². The van der Waals surface area contributed by atoms with E-state index >= 15 is 0 Å². The molecule has 0 radical (unpaired) electrons. The molecular formula is C14H21N3O. The quantitative estimate of drug-likeness (QED) is 0.835. The zero-order chi connectivity index (χ0) is 12.4. The number of ether oxygens (including phenoxy) is 1. The highest BCUT2D eigenvalue weighted by Gasteiger charge is 2.38. The maximum absolute atomic E-state index is 6.02. The summed E-state index contributed by atoms with van der Waals surface area (Å²) in [4.78, 5) is 4.22. The monoisotopic (exact) mass is 247 g/mol. The van der Waals surface area contributed by atoms with Crippen LogP contribution in [0.3, 0.4) is 0 Å². The molecule has 4 nitrogen and oxygen atoms in total. The number of pyridine rings is 1. The number of nitrogens with zero attached hydrogens (tertiary/aromatic N) is 1. The molecule has 2 aliphatic rings. The molecule has 2 fully saturated rings. The van der Waals surface area contributed by atoms with Crippen LogP contribution in [0.15, 0.2) is 18.3 Å². The number of nitrogens with two attached hydrogens (primary N) is 1. The fourth-order valence-electron chi connectivity index (χ4n) is 3.11. The molecule has 2 heterocycles. The first-order valence-corrected chi connectivity index (χ1v) is 6.81. The fraction of sp³-hybridized carbons (Fsp3) is 0.643. The van der Waals surface area contributed by atoms with Crippen molar-refractivity contribution in [1.82, 2.24) is 10.3 Å². The molecular weight excluding hydrogens is 226 g/mol. The van der Waals surface area contributed by atoms with Gasteiger partial charge in [0.25, 0.3) is 0 Å². The van der Waals surface area contributed by atoms with E-state index in [1.165, 1.54) is 25.7 Å². The van der Waals surface area contributed by atoms with Gasteiger partial charge in [0.2, 0.25) is 0 Å². The summed E-state index contributed by atoms with van der Waals surface area (Å²) in [6.07, 6.45) is 7.12. The molecule has 0 amide bonds. The van der Waals surface area contributed by atoms with Gasteiger partial charge in [-0.3, -0.25) is 10.3 Å². The molecule has 1 aromatic heterocycles. The molecule has 3 rings (SSSR count). The third-order valence-corrected chi connectivity index (χ3v) is 4.24. The highest BCUT2D eigenvalue weighted by atomic mass is 16.5. The minimum atomic E-state index is 0.00419. The largest absolute Gasteiger partial charge is 0.358 e. The standard InChI is InChI=1S/C14H21N3O/c15-8-12-7-11(3-6-16-12)13-17-9-14(10-18-13)4-1-2-5-14/h3,6-7,13,17H,1-2,4-5,8-10,15H2. The van der Waals surface area contributed by atoms with Gasteiger partial charge in [-0.05, 0) is 30.5 Å². The van der Waals surface area contributed by atoms with Gasteiger partial charge in [-0.2, -0.15) is 0 Å². The van der Waals surface area contributed by atoms with Crippen molar-refractivity contribution in [1.29, 1.82) is 0 Å². The van der Waals surface area contributed by atoms with Gasteiger partial charge in [0.05, 0.1) is 12.3 Å². The molecule has 1 aliphatic carbocycles. The van der Waals surface area contributed by atoms with Gasteiger partial charge in [0.15, 0.2) is 0 Å². The third-order valence-electron chi connectivity index (χ3n) is 4.24. The van der Waals surface area contributed by atoms with Crippen molar-refractivity contribution in [3.8, 4) is 0 Å². The summed E-state index contributed by atoms with van der Waals surface area (Å²) in [5, 5.41) is 3.53. The van der Waals surface area contributed by atoms with Crippen molar-refractivity contribution < 1.29 is 4.74 Å². The van der Waals surface area contributed by atoms with E-state index in [1.807, 2.05) is 18.3 Å². The average molecular weight is 247 g/mol. The summed E-state index contributed by atoms with van der Waals surface area (Å²) < 4.78 is 6.02. The van der Waals surface area contributed by atoms with Crippen LogP contribution < -0.4 is 11.1 Å². The number of aromatic nitrogens is 1. The number of hydrogen-bond acceptors (Lipinski definition) is 4. The molecule has 1 aliphatic heterocycles. The summed E-state index contributed by atoms with van der Waals surface area (Å²) in [6, 6.07) is 4.04. The van der Waals surface area contributed by atoms with Crippen LogP contribution in [0.1, 0.15) is 43.2 Å². The minimum absolute atomic E-state index is 0.00419. The lowest BCUT2D eigenvalue weighted by Gasteiger charge is -2.38. The predicted octanol–water partition coefficient (Wildman–Crippen LogP) is 1.72. The maximum atomic E-state index is 6.02. The first-order chi connectivity index (χ1) is 8.81. The summed E-state index contributed by atoms with van der Waals surface area (Å²) >= 11 is 0. The molecule has 3 N–H and O–H groups in total. The molecule has 98 valence electrons. The molecule has 1 unspecified atom stereocenters. The summed E-state index contributed by atoms with van der Waals surface area (Å²) in [6.45, 7) is 2.42. The Balaban J connectivity index is 1.68. The molecule has 4 heteroatoms. The molecule has 1 saturated carbocycles. The lowest BCUT2D eigenvalue weighted by atomic mass is 9.86. The van der Waals surface area contributed by atoms with E-state index in [2.05, 4.69) is 10.3 Å². The number of nitrogens with one attached hydrogen (secondary N) is 1. The molecule has 0 aromatic carbocycles. The van der Waals surface area contributed by atoms with Gasteiger partial charge in [-0.25, -0.2) is 0 Å². The molecule has 1 spiro atoms. The van der Waals surface area contributed by atoms with E-state index in [1.54, 1.807) is 0 Å². The zero-order valence-electron chi connectivity index (χ0n) is 10.7. The van der Waals surface area contributed by atoms with Crippen LogP contribution in [-0.4, -0.2) is 18.1 Å². The normalized spacial score (nSPS) is 26.6. The number of hydrogen-bond donors (Lipinski definition) is 2. The Kier molecular flexibility index (Phi) is 3.33. The van der Waals surface area contributed by atoms with Crippen molar-refractivity contribution in [3.05, 3.63) is 29.6 Å². The Morgan fingerprint density at radius 2 is 2.28 bits per heavy atom. The first kappa shape index (κ1) is 12.1. The van der Waals surface area contributed by atoms with E-state index in [-0.39, 0.29) is 6.23 Å². The lowest BCUT2D eigenvalue weighted by molar-refractivity contribution is -0.0705. The molecule has 1 atom stereocenters. The Hall–Kier alpha value is -0.970. The van der Waals surface area contributed by atoms with Gasteiger partial charge >= 0.3 is 0 Å². The summed E-state index contributed by atoms with van der Waals surface area (Å²) in [7, 11) is 0. The minimum Gasteiger partial charge on any atom is -0.358 e. The van der Waals surface area contributed by atoms with Crippen molar-refractivity contribution >= 4 is 0 Å². The molecule has 1 saturated heterocycles. The van der Waals surface area contributed by atoms with Gasteiger partial charge < -0.3 is 10.5 Å². The SMILES string of the molecule is NCc1cc(C2NCC3(CCCC3)CO2)ccn1. The Bertz CT molecular complexity index is 405. The smallest absolute Gasteiger partial charge is 0.134 e. The first-order valence-electron chi connectivity index (χ1n) is 6.81. The fourth-order valence-corrected chi connectivity index (χ4v) is 3.11. The van der Waals surface area contributed by atoms with E-state index in [0.29, 0.717) is 12.0 Å². The lowest BCUT2D eigenvalue weighted by Crippen LogP contribution is -2.45. The highest BCUT2D eigenvalue weighted by Crippen LogP contribution is 2.41. The predicted molar refractivity (Wildman–Crippen MR) is 69.7 cm³/mol. The van der Waals surface area contributed by atoms with Crippen molar-refractivity contribution in [3.63, 3.8) is 0 Å². The van der Waals surface area contributed by atoms with Gasteiger partial charge in [0.1, 0.15) is 6.23 Å².